The van der Waals surface area contributed by atoms with Gasteiger partial charge in [0.2, 0.25) is 0 Å². The molecule has 0 aliphatic rings. The van der Waals surface area contributed by atoms with Crippen molar-refractivity contribution in [1.82, 2.24) is 15.2 Å². The molecule has 2 aromatic rings. The summed E-state index contributed by atoms with van der Waals surface area (Å²) in [5.41, 5.74) is 0.791. The van der Waals surface area contributed by atoms with Gasteiger partial charge in [0.25, 0.3) is 10.0 Å². The van der Waals surface area contributed by atoms with Crippen molar-refractivity contribution >= 4 is 15.7 Å². The number of hydrogen-bond donors (Lipinski definition) is 4. The molecule has 0 unspecified atom stereocenters. The molecule has 0 atom stereocenters. The summed E-state index contributed by atoms with van der Waals surface area (Å²) >= 11 is 0. The highest BCUT2D eigenvalue weighted by Gasteiger charge is 2.16. The lowest BCUT2D eigenvalue weighted by Crippen LogP contribution is -2.11. The molecule has 0 saturated heterocycles. The van der Waals surface area contributed by atoms with E-state index >= 15 is 0 Å². The maximum atomic E-state index is 11.8. The summed E-state index contributed by atoms with van der Waals surface area (Å²) in [6.45, 7) is -0.235. The van der Waals surface area contributed by atoms with E-state index in [1.54, 1.807) is 0 Å². The van der Waals surface area contributed by atoms with Gasteiger partial charge < -0.3 is 10.1 Å². The first-order valence-electron chi connectivity index (χ1n) is 4.41. The number of sulfonamides is 1. The van der Waals surface area contributed by atoms with Gasteiger partial charge in [-0.2, -0.15) is 5.10 Å². The van der Waals surface area contributed by atoms with Crippen LogP contribution in [0.5, 0.6) is 0 Å². The molecule has 2 heterocycles. The fourth-order valence-electron chi connectivity index (χ4n) is 1.19. The Morgan fingerprint density at radius 2 is 2.25 bits per heavy atom. The Bertz CT molecular complexity index is 558. The summed E-state index contributed by atoms with van der Waals surface area (Å²) in [6, 6.07) is 1.36. The van der Waals surface area contributed by atoms with Crippen molar-refractivity contribution in [3.8, 4) is 0 Å². The Kier molecular flexibility index (Phi) is 2.67. The molecule has 16 heavy (non-hydrogen) atoms. The zero-order chi connectivity index (χ0) is 11.6. The van der Waals surface area contributed by atoms with Crippen LogP contribution in [0.4, 0.5) is 5.69 Å². The molecule has 86 valence electrons. The fourth-order valence-corrected chi connectivity index (χ4v) is 2.24. The molecule has 0 radical (unpaired) electrons. The Hall–Kier alpha value is -1.80. The molecular formula is C8H10N4O3S. The quantitative estimate of drug-likeness (QED) is 0.606. The fraction of sp³-hybridized carbons (Fsp3) is 0.125. The van der Waals surface area contributed by atoms with E-state index in [2.05, 4.69) is 19.9 Å². The average molecular weight is 242 g/mol. The minimum Gasteiger partial charge on any atom is -0.390 e. The Labute approximate surface area is 91.6 Å². The summed E-state index contributed by atoms with van der Waals surface area (Å²) in [5, 5.41) is 14.9. The van der Waals surface area contributed by atoms with Crippen molar-refractivity contribution in [2.45, 2.75) is 11.5 Å². The first-order valence-corrected chi connectivity index (χ1v) is 5.90. The van der Waals surface area contributed by atoms with E-state index < -0.39 is 10.0 Å². The van der Waals surface area contributed by atoms with Gasteiger partial charge in [-0.25, -0.2) is 8.42 Å². The van der Waals surface area contributed by atoms with Crippen LogP contribution >= 0.6 is 0 Å². The molecule has 0 aliphatic heterocycles. The van der Waals surface area contributed by atoms with Gasteiger partial charge in [-0.05, 0) is 6.07 Å². The van der Waals surface area contributed by atoms with Gasteiger partial charge in [-0.1, -0.05) is 0 Å². The van der Waals surface area contributed by atoms with Crippen LogP contribution in [0.2, 0.25) is 0 Å². The Morgan fingerprint density at radius 1 is 1.44 bits per heavy atom. The first-order chi connectivity index (χ1) is 7.62. The Balaban J connectivity index is 2.25. The van der Waals surface area contributed by atoms with Gasteiger partial charge in [0.15, 0.2) is 0 Å². The molecule has 0 aliphatic carbocycles. The van der Waals surface area contributed by atoms with Gasteiger partial charge in [0, 0.05) is 18.1 Å². The van der Waals surface area contributed by atoms with Crippen LogP contribution in [-0.4, -0.2) is 28.7 Å². The SMILES string of the molecule is O=S(=O)(Nc1cn[nH]c1)c1c[nH]c(CO)c1. The number of rotatable bonds is 4. The van der Waals surface area contributed by atoms with E-state index in [-0.39, 0.29) is 11.5 Å². The third-order valence-electron chi connectivity index (χ3n) is 1.95. The normalized spacial score (nSPS) is 11.6. The maximum absolute atomic E-state index is 11.8. The molecular weight excluding hydrogens is 232 g/mol. The number of aliphatic hydroxyl groups is 1. The van der Waals surface area contributed by atoms with Crippen LogP contribution in [-0.2, 0) is 16.6 Å². The minimum atomic E-state index is -3.62. The number of nitrogens with one attached hydrogen (secondary N) is 3. The van der Waals surface area contributed by atoms with Crippen LogP contribution < -0.4 is 4.72 Å². The molecule has 8 heteroatoms. The lowest BCUT2D eigenvalue weighted by atomic mass is 10.5. The number of anilines is 1. The van der Waals surface area contributed by atoms with E-state index in [0.717, 1.165) is 0 Å². The predicted octanol–water partition coefficient (Wildman–Crippen LogP) is 0.0309. The predicted molar refractivity (Wildman–Crippen MR) is 56.1 cm³/mol. The third kappa shape index (κ3) is 2.07. The second kappa shape index (κ2) is 3.99. The smallest absolute Gasteiger partial charge is 0.263 e. The van der Waals surface area contributed by atoms with Crippen molar-refractivity contribution in [3.05, 3.63) is 30.4 Å². The highest BCUT2D eigenvalue weighted by molar-refractivity contribution is 7.92. The molecule has 0 amide bonds. The van der Waals surface area contributed by atoms with Crippen molar-refractivity contribution in [1.29, 1.82) is 0 Å². The third-order valence-corrected chi connectivity index (χ3v) is 3.31. The van der Waals surface area contributed by atoms with Crippen LogP contribution in [0.3, 0.4) is 0 Å². The lowest BCUT2D eigenvalue weighted by molar-refractivity contribution is 0.277. The summed E-state index contributed by atoms with van der Waals surface area (Å²) in [6.07, 6.45) is 4.10. The number of aliphatic hydroxyl groups excluding tert-OH is 1. The Morgan fingerprint density at radius 3 is 2.81 bits per heavy atom. The molecule has 7 nitrogen and oxygen atoms in total. The van der Waals surface area contributed by atoms with E-state index in [9.17, 15) is 8.42 Å². The highest BCUT2D eigenvalue weighted by atomic mass is 32.2. The van der Waals surface area contributed by atoms with E-state index in [0.29, 0.717) is 11.4 Å². The summed E-state index contributed by atoms with van der Waals surface area (Å²) in [7, 11) is -3.62. The van der Waals surface area contributed by atoms with E-state index in [4.69, 9.17) is 5.11 Å². The molecule has 2 aromatic heterocycles. The summed E-state index contributed by atoms with van der Waals surface area (Å²) in [5.74, 6) is 0. The zero-order valence-electron chi connectivity index (χ0n) is 8.14. The molecule has 2 rings (SSSR count). The van der Waals surface area contributed by atoms with Gasteiger partial charge in [0.1, 0.15) is 4.90 Å². The summed E-state index contributed by atoms with van der Waals surface area (Å²) < 4.78 is 25.9. The van der Waals surface area contributed by atoms with E-state index in [1.165, 1.54) is 24.7 Å². The highest BCUT2D eigenvalue weighted by Crippen LogP contribution is 2.15. The molecule has 0 spiro atoms. The number of H-pyrrole nitrogens is 2. The number of aromatic amines is 2. The van der Waals surface area contributed by atoms with Crippen molar-refractivity contribution < 1.29 is 13.5 Å². The van der Waals surface area contributed by atoms with Crippen LogP contribution in [0.1, 0.15) is 5.69 Å². The topological polar surface area (TPSA) is 111 Å². The zero-order valence-corrected chi connectivity index (χ0v) is 8.95. The molecule has 4 N–H and O–H groups in total. The standard InChI is InChI=1S/C8H10N4O3S/c13-5-6-1-8(4-9-6)16(14,15)12-7-2-10-11-3-7/h1-4,9,12-13H,5H2,(H,10,11). The maximum Gasteiger partial charge on any atom is 0.263 e. The number of hydrogen-bond acceptors (Lipinski definition) is 4. The van der Waals surface area contributed by atoms with Crippen LogP contribution in [0.25, 0.3) is 0 Å². The van der Waals surface area contributed by atoms with Crippen molar-refractivity contribution in [3.63, 3.8) is 0 Å². The van der Waals surface area contributed by atoms with Crippen molar-refractivity contribution in [2.75, 3.05) is 4.72 Å². The van der Waals surface area contributed by atoms with Crippen LogP contribution in [0, 0.1) is 0 Å². The lowest BCUT2D eigenvalue weighted by Gasteiger charge is -2.02. The molecule has 0 saturated carbocycles. The second-order valence-electron chi connectivity index (χ2n) is 3.11. The van der Waals surface area contributed by atoms with Crippen LogP contribution in [0.15, 0.2) is 29.6 Å². The number of aromatic nitrogens is 3. The second-order valence-corrected chi connectivity index (χ2v) is 4.79. The van der Waals surface area contributed by atoms with Gasteiger partial charge in [-0.15, -0.1) is 0 Å². The molecule has 0 aromatic carbocycles. The molecule has 0 fully saturated rings. The van der Waals surface area contributed by atoms with Gasteiger partial charge >= 0.3 is 0 Å². The number of nitrogens with zero attached hydrogens (tertiary/aromatic N) is 1. The molecule has 0 bridgehead atoms. The largest absolute Gasteiger partial charge is 0.390 e. The van der Waals surface area contributed by atoms with Gasteiger partial charge in [0.05, 0.1) is 18.5 Å². The average Bonchev–Trinajstić information content (AvgIpc) is 2.85. The van der Waals surface area contributed by atoms with Crippen molar-refractivity contribution in [2.24, 2.45) is 0 Å². The first kappa shape index (κ1) is 10.7. The monoisotopic (exact) mass is 242 g/mol. The van der Waals surface area contributed by atoms with Gasteiger partial charge in [-0.3, -0.25) is 9.82 Å². The minimum absolute atomic E-state index is 0.0674. The summed E-state index contributed by atoms with van der Waals surface area (Å²) in [4.78, 5) is 2.72. The van der Waals surface area contributed by atoms with E-state index in [1.807, 2.05) is 0 Å².